The average molecular weight is 1020 g/mol. The van der Waals surface area contributed by atoms with Crippen molar-refractivity contribution < 1.29 is 24.5 Å². The maximum Gasteiger partial charge on any atom is 0 e. The summed E-state index contributed by atoms with van der Waals surface area (Å²) >= 11 is -0.00276. The predicted octanol–water partition coefficient (Wildman–Crippen LogP) is 14.5. The molecular formula is C52H50GeIrN2OS-2. The Kier molecular flexibility index (Phi) is 12.6. The first-order chi connectivity index (χ1) is 27.4. The van der Waals surface area contributed by atoms with E-state index in [-0.39, 0.29) is 20.1 Å². The zero-order chi connectivity index (χ0) is 39.8. The third kappa shape index (κ3) is 8.65. The van der Waals surface area contributed by atoms with Gasteiger partial charge in [-0.2, -0.15) is 0 Å². The van der Waals surface area contributed by atoms with Crippen LogP contribution in [0, 0.1) is 24.0 Å². The Morgan fingerprint density at radius 1 is 0.690 bits per heavy atom. The topological polar surface area (TPSA) is 38.9 Å². The number of aromatic nitrogens is 2. The SMILES string of the molecule is CC(C)C(C)c1ccnc(-c2[c-]cc3oc4cc(-c5cccc6c5sc5ccccc56)ccc4c3c2)c1.CC(C)Cc1cc(-c2[c-]cccc2)nc[c]1[Ge]([CH3])([CH3])[CH3].[Ir]. The molecule has 4 aromatic heterocycles. The van der Waals surface area contributed by atoms with Crippen molar-refractivity contribution in [3.05, 3.63) is 151 Å². The fourth-order valence-corrected chi connectivity index (χ4v) is 12.3. The second-order valence-electron chi connectivity index (χ2n) is 17.1. The smallest absolute Gasteiger partial charge is 0 e. The van der Waals surface area contributed by atoms with E-state index in [9.17, 15) is 0 Å². The van der Waals surface area contributed by atoms with Crippen LogP contribution in [0.4, 0.5) is 0 Å². The van der Waals surface area contributed by atoms with E-state index >= 15 is 0 Å². The number of fused-ring (bicyclic) bond motifs is 6. The van der Waals surface area contributed by atoms with E-state index in [0.717, 1.165) is 50.9 Å². The van der Waals surface area contributed by atoms with Gasteiger partial charge in [0.05, 0.1) is 5.58 Å². The maximum atomic E-state index is 6.32. The van der Waals surface area contributed by atoms with Gasteiger partial charge in [0, 0.05) is 51.9 Å². The minimum absolute atomic E-state index is 0. The molecule has 3 nitrogen and oxygen atoms in total. The van der Waals surface area contributed by atoms with Crippen LogP contribution in [-0.4, -0.2) is 23.2 Å². The third-order valence-corrected chi connectivity index (χ3v) is 16.7. The molecule has 0 aliphatic rings. The summed E-state index contributed by atoms with van der Waals surface area (Å²) in [6, 6.07) is 47.3. The molecule has 0 aliphatic heterocycles. The minimum Gasteiger partial charge on any atom is 0 e. The van der Waals surface area contributed by atoms with Gasteiger partial charge in [-0.05, 0) is 46.9 Å². The first kappa shape index (κ1) is 41.8. The molecule has 0 saturated carbocycles. The Bertz CT molecular complexity index is 2850. The molecule has 1 unspecified atom stereocenters. The summed E-state index contributed by atoms with van der Waals surface area (Å²) in [6.45, 7) is 11.4. The summed E-state index contributed by atoms with van der Waals surface area (Å²) in [5, 5.41) is 4.84. The number of benzene rings is 5. The van der Waals surface area contributed by atoms with Crippen molar-refractivity contribution in [3.63, 3.8) is 0 Å². The summed E-state index contributed by atoms with van der Waals surface area (Å²) in [6.07, 6.45) is 5.18. The number of thiophene rings is 1. The number of hydrogen-bond donors (Lipinski definition) is 0. The molecule has 4 heterocycles. The summed E-state index contributed by atoms with van der Waals surface area (Å²) < 4.78 is 10.5. The average Bonchev–Trinajstić information content (AvgIpc) is 3.78. The molecule has 0 bridgehead atoms. The van der Waals surface area contributed by atoms with Crippen LogP contribution in [0.25, 0.3) is 75.8 Å². The van der Waals surface area contributed by atoms with E-state index in [4.69, 9.17) is 9.40 Å². The van der Waals surface area contributed by atoms with E-state index in [1.807, 2.05) is 41.8 Å². The monoisotopic (exact) mass is 1020 g/mol. The summed E-state index contributed by atoms with van der Waals surface area (Å²) in [4.78, 5) is 9.36. The van der Waals surface area contributed by atoms with Crippen LogP contribution in [0.3, 0.4) is 0 Å². The first-order valence-corrected chi connectivity index (χ1v) is 28.3. The van der Waals surface area contributed by atoms with Crippen molar-refractivity contribution >= 4 is 71.1 Å². The number of hydrogen-bond acceptors (Lipinski definition) is 4. The Morgan fingerprint density at radius 3 is 2.22 bits per heavy atom. The summed E-state index contributed by atoms with van der Waals surface area (Å²) in [5.74, 6) is 9.05. The molecule has 58 heavy (non-hydrogen) atoms. The van der Waals surface area contributed by atoms with Gasteiger partial charge in [0.25, 0.3) is 0 Å². The Balaban J connectivity index is 0.000000208. The summed E-state index contributed by atoms with van der Waals surface area (Å²) in [7, 11) is 0. The van der Waals surface area contributed by atoms with Crippen LogP contribution in [0.1, 0.15) is 51.7 Å². The van der Waals surface area contributed by atoms with Gasteiger partial charge in [-0.25, -0.2) is 0 Å². The molecule has 0 fully saturated rings. The van der Waals surface area contributed by atoms with E-state index in [1.165, 1.54) is 42.4 Å². The number of furan rings is 1. The quantitative estimate of drug-likeness (QED) is 0.112. The molecule has 0 amide bonds. The molecule has 0 saturated heterocycles. The molecule has 295 valence electrons. The van der Waals surface area contributed by atoms with Crippen LogP contribution in [0.5, 0.6) is 0 Å². The van der Waals surface area contributed by atoms with Gasteiger partial charge in [-0.15, -0.1) is 35.1 Å². The van der Waals surface area contributed by atoms with Gasteiger partial charge in [-0.1, -0.05) is 86.3 Å². The second kappa shape index (κ2) is 17.5. The van der Waals surface area contributed by atoms with Crippen molar-refractivity contribution in [2.75, 3.05) is 0 Å². The fourth-order valence-electron chi connectivity index (χ4n) is 7.75. The predicted molar refractivity (Wildman–Crippen MR) is 247 cm³/mol. The van der Waals surface area contributed by atoms with Gasteiger partial charge in [0.1, 0.15) is 5.58 Å². The zero-order valence-electron chi connectivity index (χ0n) is 34.6. The molecule has 9 rings (SSSR count). The number of rotatable bonds is 8. The normalized spacial score (nSPS) is 12.3. The van der Waals surface area contributed by atoms with Crippen molar-refractivity contribution in [1.82, 2.24) is 9.97 Å². The van der Waals surface area contributed by atoms with Crippen LogP contribution < -0.4 is 4.40 Å². The molecule has 0 N–H and O–H groups in total. The van der Waals surface area contributed by atoms with Gasteiger partial charge < -0.3 is 9.40 Å². The zero-order valence-corrected chi connectivity index (χ0v) is 39.9. The molecule has 0 aliphatic carbocycles. The Morgan fingerprint density at radius 2 is 1.47 bits per heavy atom. The molecule has 9 aromatic rings. The van der Waals surface area contributed by atoms with Crippen molar-refractivity contribution in [1.29, 1.82) is 0 Å². The van der Waals surface area contributed by atoms with E-state index in [0.29, 0.717) is 17.8 Å². The number of pyridine rings is 2. The molecule has 0 spiro atoms. The molecule has 1 atom stereocenters. The van der Waals surface area contributed by atoms with E-state index < -0.39 is 13.3 Å². The van der Waals surface area contributed by atoms with Crippen molar-refractivity contribution in [2.45, 2.75) is 64.2 Å². The van der Waals surface area contributed by atoms with Gasteiger partial charge in [0.15, 0.2) is 0 Å². The van der Waals surface area contributed by atoms with Crippen LogP contribution >= 0.6 is 11.3 Å². The van der Waals surface area contributed by atoms with Crippen molar-refractivity contribution in [2.24, 2.45) is 11.8 Å². The van der Waals surface area contributed by atoms with Crippen LogP contribution in [0.15, 0.2) is 132 Å². The van der Waals surface area contributed by atoms with Crippen LogP contribution in [-0.2, 0) is 26.5 Å². The Hall–Kier alpha value is -4.39. The van der Waals surface area contributed by atoms with E-state index in [2.05, 4.69) is 166 Å². The third-order valence-electron chi connectivity index (χ3n) is 11.1. The van der Waals surface area contributed by atoms with Crippen LogP contribution in [0.2, 0.25) is 17.3 Å². The first-order valence-electron chi connectivity index (χ1n) is 20.2. The van der Waals surface area contributed by atoms with E-state index in [1.54, 1.807) is 4.40 Å². The molecule has 1 radical (unpaired) electrons. The van der Waals surface area contributed by atoms with Crippen molar-refractivity contribution in [3.8, 4) is 33.6 Å². The van der Waals surface area contributed by atoms with Gasteiger partial charge in [0.2, 0.25) is 0 Å². The molecular weight excluding hydrogens is 965 g/mol. The maximum absolute atomic E-state index is 6.32. The molecule has 5 aromatic carbocycles. The van der Waals surface area contributed by atoms with Gasteiger partial charge >= 0.3 is 126 Å². The minimum atomic E-state index is -1.86. The number of nitrogens with zero attached hydrogens (tertiary/aromatic N) is 2. The fraction of sp³-hybridized carbons (Fsp3) is 0.231. The van der Waals surface area contributed by atoms with Gasteiger partial charge in [-0.3, -0.25) is 0 Å². The standard InChI is InChI=1S/C34H26NOS.C18H24GeN.Ir/c1-20(2)21(3)22-15-16-35-30(18-22)24-12-14-31-29(17-24)26-13-11-23(19-32(26)36-31)25-8-6-9-28-27-7-4-5-10-33(27)37-34(25)28;1-14(2)11-16-12-18(15-9-7-6-8-10-15)20-13-17(16)19(3,4)5;/h4-11,13-21H,1-3H3;6-9,12-14H,11H2,1-5H3;/q2*-1;. The molecule has 6 heteroatoms. The summed E-state index contributed by atoms with van der Waals surface area (Å²) in [5.41, 5.74) is 11.1. The Labute approximate surface area is 363 Å². The largest absolute Gasteiger partial charge is 0 e. The second-order valence-corrected chi connectivity index (χ2v) is 28.7.